The van der Waals surface area contributed by atoms with E-state index in [1.165, 1.54) is 25.3 Å². The maximum absolute atomic E-state index is 12.2. The second kappa shape index (κ2) is 9.11. The van der Waals surface area contributed by atoms with Crippen molar-refractivity contribution in [3.63, 3.8) is 0 Å². The Balaban J connectivity index is 1.91. The predicted molar refractivity (Wildman–Crippen MR) is 93.2 cm³/mol. The van der Waals surface area contributed by atoms with E-state index in [9.17, 15) is 19.7 Å². The van der Waals surface area contributed by atoms with Gasteiger partial charge in [-0.1, -0.05) is 0 Å². The van der Waals surface area contributed by atoms with Crippen molar-refractivity contribution in [2.75, 3.05) is 58.9 Å². The third-order valence-electron chi connectivity index (χ3n) is 3.86. The third kappa shape index (κ3) is 5.39. The van der Waals surface area contributed by atoms with Crippen LogP contribution in [0.1, 0.15) is 0 Å². The monoisotopic (exact) mass is 366 g/mol. The van der Waals surface area contributed by atoms with Gasteiger partial charge < -0.3 is 19.7 Å². The van der Waals surface area contributed by atoms with Crippen LogP contribution in [0.25, 0.3) is 0 Å². The fraction of sp³-hybridized carbons (Fsp3) is 0.500. The summed E-state index contributed by atoms with van der Waals surface area (Å²) in [7, 11) is 3.04. The van der Waals surface area contributed by atoms with Gasteiger partial charge in [-0.2, -0.15) is 0 Å². The Morgan fingerprint density at radius 3 is 2.65 bits per heavy atom. The van der Waals surface area contributed by atoms with E-state index in [1.54, 1.807) is 16.8 Å². The van der Waals surface area contributed by atoms with Crippen LogP contribution < -0.4 is 10.1 Å². The number of nitro benzene ring substituents is 1. The average molecular weight is 366 g/mol. The summed E-state index contributed by atoms with van der Waals surface area (Å²) in [5.41, 5.74) is -0.182. The second-order valence-corrected chi connectivity index (χ2v) is 5.85. The zero-order valence-electron chi connectivity index (χ0n) is 14.8. The molecule has 0 spiro atoms. The van der Waals surface area contributed by atoms with Crippen molar-refractivity contribution >= 4 is 23.2 Å². The van der Waals surface area contributed by atoms with E-state index in [-0.39, 0.29) is 30.4 Å². The van der Waals surface area contributed by atoms with Gasteiger partial charge in [-0.15, -0.1) is 0 Å². The highest BCUT2D eigenvalue weighted by atomic mass is 16.6. The highest BCUT2D eigenvalue weighted by molar-refractivity contribution is 5.94. The highest BCUT2D eigenvalue weighted by Crippen LogP contribution is 2.28. The summed E-state index contributed by atoms with van der Waals surface area (Å²) < 4.78 is 10.2. The Labute approximate surface area is 150 Å². The summed E-state index contributed by atoms with van der Waals surface area (Å²) in [5.74, 6) is -0.211. The van der Waals surface area contributed by atoms with Crippen LogP contribution in [0.5, 0.6) is 5.75 Å². The fourth-order valence-corrected chi connectivity index (χ4v) is 2.53. The maximum Gasteiger partial charge on any atom is 0.296 e. The highest BCUT2D eigenvalue weighted by Gasteiger charge is 2.21. The van der Waals surface area contributed by atoms with Gasteiger partial charge >= 0.3 is 0 Å². The van der Waals surface area contributed by atoms with Crippen molar-refractivity contribution in [2.24, 2.45) is 0 Å². The van der Waals surface area contributed by atoms with Gasteiger partial charge in [0.25, 0.3) is 5.69 Å². The van der Waals surface area contributed by atoms with Crippen LogP contribution in [0.15, 0.2) is 18.2 Å². The lowest BCUT2D eigenvalue weighted by Crippen LogP contribution is -2.46. The molecule has 10 heteroatoms. The summed E-state index contributed by atoms with van der Waals surface area (Å²) in [6, 6.07) is 4.17. The van der Waals surface area contributed by atoms with Crippen molar-refractivity contribution in [1.82, 2.24) is 9.80 Å². The maximum atomic E-state index is 12.2. The number of methoxy groups -OCH3 is 1. The van der Waals surface area contributed by atoms with Crippen molar-refractivity contribution in [3.8, 4) is 5.75 Å². The van der Waals surface area contributed by atoms with Crippen LogP contribution in [-0.4, -0.2) is 80.1 Å². The van der Waals surface area contributed by atoms with Gasteiger partial charge in [-0.25, -0.2) is 0 Å². The van der Waals surface area contributed by atoms with Crippen molar-refractivity contribution < 1.29 is 24.0 Å². The summed E-state index contributed by atoms with van der Waals surface area (Å²) in [6.07, 6.45) is 0. The van der Waals surface area contributed by atoms with Gasteiger partial charge in [0, 0.05) is 13.1 Å². The smallest absolute Gasteiger partial charge is 0.296 e. The van der Waals surface area contributed by atoms with E-state index in [4.69, 9.17) is 9.47 Å². The molecule has 0 unspecified atom stereocenters. The van der Waals surface area contributed by atoms with E-state index >= 15 is 0 Å². The van der Waals surface area contributed by atoms with Gasteiger partial charge in [0.2, 0.25) is 11.8 Å². The Kier molecular flexibility index (Phi) is 6.87. The number of hydrogen-bond donors (Lipinski definition) is 1. The lowest BCUT2D eigenvalue weighted by atomic mass is 10.2. The molecule has 0 saturated carbocycles. The normalized spacial score (nSPS) is 14.2. The first-order chi connectivity index (χ1) is 12.4. The summed E-state index contributed by atoms with van der Waals surface area (Å²) in [4.78, 5) is 38.1. The van der Waals surface area contributed by atoms with Crippen LogP contribution in [0.3, 0.4) is 0 Å². The zero-order chi connectivity index (χ0) is 19.1. The molecule has 0 aliphatic carbocycles. The van der Waals surface area contributed by atoms with Crippen molar-refractivity contribution in [3.05, 3.63) is 28.3 Å². The lowest BCUT2D eigenvalue weighted by molar-refractivity contribution is -0.384. The molecule has 1 aliphatic heterocycles. The lowest BCUT2D eigenvalue weighted by Gasteiger charge is -2.28. The number of amides is 2. The zero-order valence-corrected chi connectivity index (χ0v) is 14.8. The molecule has 0 atom stereocenters. The summed E-state index contributed by atoms with van der Waals surface area (Å²) in [5, 5.41) is 13.6. The molecule has 142 valence electrons. The number of likely N-dealkylation sites (N-methyl/N-ethyl adjacent to an activating group) is 1. The Bertz CT molecular complexity index is 675. The van der Waals surface area contributed by atoms with Crippen LogP contribution in [0.2, 0.25) is 0 Å². The molecule has 0 aromatic heterocycles. The molecule has 2 amide bonds. The van der Waals surface area contributed by atoms with Crippen LogP contribution in [0.4, 0.5) is 11.4 Å². The number of morpholine rings is 1. The quantitative estimate of drug-likeness (QED) is 0.546. The number of benzene rings is 1. The number of carbonyl (C=O) groups is 2. The topological polar surface area (TPSA) is 114 Å². The molecular weight excluding hydrogens is 344 g/mol. The van der Waals surface area contributed by atoms with E-state index < -0.39 is 10.8 Å². The first kappa shape index (κ1) is 19.6. The molecular formula is C16H22N4O6. The van der Waals surface area contributed by atoms with E-state index in [1.807, 2.05) is 0 Å². The standard InChI is InChI=1S/C16H22N4O6/c1-18(11-16(22)19-5-7-26-8-6-19)10-15(21)17-13-4-3-12(25-2)9-14(13)20(23)24/h3-4,9H,5-8,10-11H2,1-2H3,(H,17,21). The first-order valence-corrected chi connectivity index (χ1v) is 8.07. The Hall–Kier alpha value is -2.72. The molecule has 1 aromatic carbocycles. The molecule has 1 heterocycles. The number of rotatable bonds is 7. The molecule has 0 bridgehead atoms. The number of hydrogen-bond acceptors (Lipinski definition) is 7. The average Bonchev–Trinajstić information content (AvgIpc) is 2.62. The second-order valence-electron chi connectivity index (χ2n) is 5.85. The van der Waals surface area contributed by atoms with E-state index in [0.29, 0.717) is 32.1 Å². The predicted octanol–water partition coefficient (Wildman–Crippen LogP) is 0.333. The minimum Gasteiger partial charge on any atom is -0.496 e. The van der Waals surface area contributed by atoms with Gasteiger partial charge in [0.05, 0.1) is 44.4 Å². The molecule has 1 N–H and O–H groups in total. The van der Waals surface area contributed by atoms with Crippen LogP contribution in [0, 0.1) is 10.1 Å². The van der Waals surface area contributed by atoms with Crippen LogP contribution in [-0.2, 0) is 14.3 Å². The molecule has 26 heavy (non-hydrogen) atoms. The number of nitrogens with one attached hydrogen (secondary N) is 1. The molecule has 2 rings (SSSR count). The minimum absolute atomic E-state index is 0.0702. The number of anilines is 1. The molecule has 0 radical (unpaired) electrons. The van der Waals surface area contributed by atoms with Crippen LogP contribution >= 0.6 is 0 Å². The first-order valence-electron chi connectivity index (χ1n) is 8.07. The fourth-order valence-electron chi connectivity index (χ4n) is 2.53. The van der Waals surface area contributed by atoms with Crippen molar-refractivity contribution in [2.45, 2.75) is 0 Å². The largest absolute Gasteiger partial charge is 0.496 e. The molecule has 1 saturated heterocycles. The molecule has 1 aromatic rings. The van der Waals surface area contributed by atoms with Gasteiger partial charge in [0.15, 0.2) is 0 Å². The third-order valence-corrected chi connectivity index (χ3v) is 3.86. The Morgan fingerprint density at radius 1 is 1.35 bits per heavy atom. The van der Waals surface area contributed by atoms with Gasteiger partial charge in [-0.3, -0.25) is 24.6 Å². The summed E-state index contributed by atoms with van der Waals surface area (Å²) in [6.45, 7) is 2.11. The molecule has 1 fully saturated rings. The number of nitro groups is 1. The summed E-state index contributed by atoms with van der Waals surface area (Å²) >= 11 is 0. The number of ether oxygens (including phenoxy) is 2. The van der Waals surface area contributed by atoms with Crippen molar-refractivity contribution in [1.29, 1.82) is 0 Å². The Morgan fingerprint density at radius 2 is 2.04 bits per heavy atom. The van der Waals surface area contributed by atoms with Gasteiger partial charge in [-0.05, 0) is 19.2 Å². The molecule has 1 aliphatic rings. The van der Waals surface area contributed by atoms with E-state index in [2.05, 4.69) is 5.32 Å². The van der Waals surface area contributed by atoms with Gasteiger partial charge in [0.1, 0.15) is 11.4 Å². The minimum atomic E-state index is -0.593. The molecule has 10 nitrogen and oxygen atoms in total. The number of nitrogens with zero attached hydrogens (tertiary/aromatic N) is 3. The SMILES string of the molecule is COc1ccc(NC(=O)CN(C)CC(=O)N2CCOCC2)c([N+](=O)[O-])c1. The van der Waals surface area contributed by atoms with E-state index in [0.717, 1.165) is 0 Å². The number of carbonyl (C=O) groups excluding carboxylic acids is 2.